The first-order valence-corrected chi connectivity index (χ1v) is 8.63. The second-order valence-corrected chi connectivity index (χ2v) is 6.09. The van der Waals surface area contributed by atoms with Crippen molar-refractivity contribution in [3.05, 3.63) is 36.0 Å². The number of rotatable bonds is 5. The van der Waals surface area contributed by atoms with Gasteiger partial charge >= 0.3 is 5.97 Å². The van der Waals surface area contributed by atoms with Crippen molar-refractivity contribution in [2.24, 2.45) is 0 Å². The Bertz CT molecular complexity index is 737. The molecule has 0 aliphatic carbocycles. The van der Waals surface area contributed by atoms with E-state index in [9.17, 15) is 4.79 Å². The highest BCUT2D eigenvalue weighted by Crippen LogP contribution is 2.24. The second-order valence-electron chi connectivity index (χ2n) is 6.09. The molecule has 132 valence electrons. The predicted molar refractivity (Wildman–Crippen MR) is 96.2 cm³/mol. The van der Waals surface area contributed by atoms with Crippen molar-refractivity contribution < 1.29 is 9.53 Å². The Labute approximate surface area is 147 Å². The van der Waals surface area contributed by atoms with Gasteiger partial charge in [0.05, 0.1) is 18.9 Å². The fraction of sp³-hybridized carbons (Fsp3) is 0.444. The molecule has 1 aliphatic heterocycles. The minimum atomic E-state index is -0.371. The van der Waals surface area contributed by atoms with Crippen molar-refractivity contribution in [3.8, 4) is 0 Å². The number of nitrogens with zero attached hydrogens (tertiary/aromatic N) is 4. The van der Waals surface area contributed by atoms with E-state index >= 15 is 0 Å². The molecule has 1 aromatic carbocycles. The van der Waals surface area contributed by atoms with Crippen LogP contribution in [0.1, 0.15) is 43.0 Å². The molecule has 0 amide bonds. The van der Waals surface area contributed by atoms with Crippen molar-refractivity contribution in [2.75, 3.05) is 23.9 Å². The Morgan fingerprint density at radius 2 is 2.28 bits per heavy atom. The number of nitrogens with one attached hydrogen (secondary N) is 1. The van der Waals surface area contributed by atoms with Gasteiger partial charge in [0.2, 0.25) is 5.95 Å². The lowest BCUT2D eigenvalue weighted by Crippen LogP contribution is -2.40. The Hall–Kier alpha value is -2.70. The van der Waals surface area contributed by atoms with Crippen LogP contribution in [0.15, 0.2) is 30.5 Å². The van der Waals surface area contributed by atoms with Crippen molar-refractivity contribution in [1.82, 2.24) is 15.2 Å². The average Bonchev–Trinajstić information content (AvgIpc) is 2.67. The quantitative estimate of drug-likeness (QED) is 0.837. The Balaban J connectivity index is 1.79. The minimum Gasteiger partial charge on any atom is -0.465 e. The molecule has 2 aromatic rings. The van der Waals surface area contributed by atoms with Crippen LogP contribution in [0.5, 0.6) is 0 Å². The molecule has 1 unspecified atom stereocenters. The number of anilines is 3. The molecule has 1 aromatic heterocycles. The number of benzene rings is 1. The van der Waals surface area contributed by atoms with Gasteiger partial charge in [-0.3, -0.25) is 0 Å². The summed E-state index contributed by atoms with van der Waals surface area (Å²) < 4.78 is 4.75. The number of ether oxygens (including phenoxy) is 1. The van der Waals surface area contributed by atoms with Crippen LogP contribution in [0, 0.1) is 0 Å². The van der Waals surface area contributed by atoms with E-state index in [2.05, 4.69) is 32.3 Å². The number of hydrogen-bond acceptors (Lipinski definition) is 7. The molecule has 1 N–H and O–H groups in total. The number of aromatic nitrogens is 3. The smallest absolute Gasteiger partial charge is 0.337 e. The molecule has 1 atom stereocenters. The van der Waals surface area contributed by atoms with Crippen molar-refractivity contribution in [1.29, 1.82) is 0 Å². The number of carbonyl (C=O) groups excluding carboxylic acids is 1. The maximum atomic E-state index is 11.7. The van der Waals surface area contributed by atoms with Crippen LogP contribution in [-0.2, 0) is 4.74 Å². The largest absolute Gasteiger partial charge is 0.465 e. The molecule has 0 radical (unpaired) electrons. The van der Waals surface area contributed by atoms with Crippen molar-refractivity contribution in [2.45, 2.75) is 38.6 Å². The van der Waals surface area contributed by atoms with Gasteiger partial charge in [-0.1, -0.05) is 13.0 Å². The first kappa shape index (κ1) is 17.1. The van der Waals surface area contributed by atoms with Gasteiger partial charge in [0.25, 0.3) is 0 Å². The number of carbonyl (C=O) groups is 1. The molecular formula is C18H23N5O2. The maximum Gasteiger partial charge on any atom is 0.337 e. The monoisotopic (exact) mass is 341 g/mol. The zero-order valence-corrected chi connectivity index (χ0v) is 14.6. The van der Waals surface area contributed by atoms with Gasteiger partial charge in [-0.2, -0.15) is 10.1 Å². The summed E-state index contributed by atoms with van der Waals surface area (Å²) in [5.74, 6) is 0.886. The van der Waals surface area contributed by atoms with Gasteiger partial charge in [0.15, 0.2) is 5.82 Å². The molecule has 1 aliphatic rings. The lowest BCUT2D eigenvalue weighted by molar-refractivity contribution is 0.0601. The minimum absolute atomic E-state index is 0.371. The van der Waals surface area contributed by atoms with E-state index in [-0.39, 0.29) is 5.97 Å². The van der Waals surface area contributed by atoms with Crippen LogP contribution in [0.4, 0.5) is 17.5 Å². The summed E-state index contributed by atoms with van der Waals surface area (Å²) in [6.45, 7) is 3.15. The van der Waals surface area contributed by atoms with E-state index < -0.39 is 0 Å². The van der Waals surface area contributed by atoms with Crippen molar-refractivity contribution >= 4 is 23.4 Å². The zero-order valence-electron chi connectivity index (χ0n) is 14.6. The molecule has 25 heavy (non-hydrogen) atoms. The summed E-state index contributed by atoms with van der Waals surface area (Å²) in [6.07, 6.45) is 6.22. The fourth-order valence-electron chi connectivity index (χ4n) is 3.15. The zero-order chi connectivity index (χ0) is 17.6. The van der Waals surface area contributed by atoms with Crippen molar-refractivity contribution in [3.63, 3.8) is 0 Å². The first-order chi connectivity index (χ1) is 12.2. The van der Waals surface area contributed by atoms with Crippen LogP contribution in [0.2, 0.25) is 0 Å². The summed E-state index contributed by atoms with van der Waals surface area (Å²) >= 11 is 0. The number of hydrogen-bond donors (Lipinski definition) is 1. The molecule has 1 saturated heterocycles. The third-order valence-corrected chi connectivity index (χ3v) is 4.46. The van der Waals surface area contributed by atoms with E-state index in [1.54, 1.807) is 24.4 Å². The lowest BCUT2D eigenvalue weighted by Gasteiger charge is -2.34. The molecule has 0 saturated carbocycles. The molecule has 3 rings (SSSR count). The number of piperidine rings is 1. The fourth-order valence-corrected chi connectivity index (χ4v) is 3.15. The lowest BCUT2D eigenvalue weighted by atomic mass is 10.0. The molecule has 0 spiro atoms. The molecule has 0 bridgehead atoms. The van der Waals surface area contributed by atoms with Crippen LogP contribution >= 0.6 is 0 Å². The van der Waals surface area contributed by atoms with Gasteiger partial charge < -0.3 is 15.0 Å². The molecule has 1 fully saturated rings. The molecular weight excluding hydrogens is 318 g/mol. The van der Waals surface area contributed by atoms with Crippen LogP contribution in [0.25, 0.3) is 0 Å². The SMILES string of the molecule is CCC1CCCCN1c1nncc(Nc2cccc(C(=O)OC)c2)n1. The highest BCUT2D eigenvalue weighted by molar-refractivity contribution is 5.90. The third-order valence-electron chi connectivity index (χ3n) is 4.46. The second kappa shape index (κ2) is 7.92. The van der Waals surface area contributed by atoms with Gasteiger partial charge in [-0.15, -0.1) is 5.10 Å². The van der Waals surface area contributed by atoms with Crippen LogP contribution in [-0.4, -0.2) is 40.8 Å². The highest BCUT2D eigenvalue weighted by atomic mass is 16.5. The van der Waals surface area contributed by atoms with Gasteiger partial charge in [-0.05, 0) is 43.9 Å². The Morgan fingerprint density at radius 1 is 1.40 bits per heavy atom. The van der Waals surface area contributed by atoms with E-state index in [0.717, 1.165) is 25.1 Å². The Kier molecular flexibility index (Phi) is 5.42. The predicted octanol–water partition coefficient (Wildman–Crippen LogP) is 3.17. The van der Waals surface area contributed by atoms with Gasteiger partial charge in [-0.25, -0.2) is 4.79 Å². The summed E-state index contributed by atoms with van der Waals surface area (Å²) in [7, 11) is 1.37. The highest BCUT2D eigenvalue weighted by Gasteiger charge is 2.23. The van der Waals surface area contributed by atoms with E-state index in [1.807, 2.05) is 6.07 Å². The summed E-state index contributed by atoms with van der Waals surface area (Å²) in [5.41, 5.74) is 1.23. The molecule has 2 heterocycles. The first-order valence-electron chi connectivity index (χ1n) is 8.63. The third kappa shape index (κ3) is 4.04. The van der Waals surface area contributed by atoms with Crippen LogP contribution in [0.3, 0.4) is 0 Å². The summed E-state index contributed by atoms with van der Waals surface area (Å²) in [5, 5.41) is 11.5. The number of methoxy groups -OCH3 is 1. The average molecular weight is 341 g/mol. The summed E-state index contributed by atoms with van der Waals surface area (Å²) in [4.78, 5) is 18.5. The standard InChI is InChI=1S/C18H23N5O2/c1-3-15-9-4-5-10-23(15)18-21-16(12-19-22-18)20-14-8-6-7-13(11-14)17(24)25-2/h6-8,11-12,15H,3-5,9-10H2,1-2H3,(H,20,21,22). The Morgan fingerprint density at radius 3 is 3.08 bits per heavy atom. The van der Waals surface area contributed by atoms with E-state index in [1.165, 1.54) is 20.0 Å². The van der Waals surface area contributed by atoms with E-state index in [4.69, 9.17) is 4.74 Å². The van der Waals surface area contributed by atoms with Gasteiger partial charge in [0, 0.05) is 18.3 Å². The van der Waals surface area contributed by atoms with E-state index in [0.29, 0.717) is 23.4 Å². The van der Waals surface area contributed by atoms with Crippen LogP contribution < -0.4 is 10.2 Å². The normalized spacial score (nSPS) is 17.2. The summed E-state index contributed by atoms with van der Waals surface area (Å²) in [6, 6.07) is 7.56. The maximum absolute atomic E-state index is 11.7. The molecule has 7 heteroatoms. The number of esters is 1. The molecule has 7 nitrogen and oxygen atoms in total. The van der Waals surface area contributed by atoms with Gasteiger partial charge in [0.1, 0.15) is 0 Å². The topological polar surface area (TPSA) is 80.2 Å².